The van der Waals surface area contributed by atoms with E-state index in [9.17, 15) is 14.3 Å². The van der Waals surface area contributed by atoms with Crippen LogP contribution in [0.5, 0.6) is 11.5 Å². The van der Waals surface area contributed by atoms with E-state index in [4.69, 9.17) is 4.74 Å². The highest BCUT2D eigenvalue weighted by Gasteiger charge is 2.05. The van der Waals surface area contributed by atoms with Crippen LogP contribution in [0.15, 0.2) is 52.0 Å². The van der Waals surface area contributed by atoms with Crippen molar-refractivity contribution in [2.45, 2.75) is 0 Å². The Bertz CT molecular complexity index is 707. The first-order valence-electron chi connectivity index (χ1n) is 6.24. The van der Waals surface area contributed by atoms with E-state index in [1.807, 2.05) is 0 Å². The van der Waals surface area contributed by atoms with Gasteiger partial charge >= 0.3 is 0 Å². The Kier molecular flexibility index (Phi) is 5.48. The zero-order valence-corrected chi connectivity index (χ0v) is 12.9. The van der Waals surface area contributed by atoms with Gasteiger partial charge in [0, 0.05) is 10.0 Å². The molecule has 0 radical (unpaired) electrons. The highest BCUT2D eigenvalue weighted by molar-refractivity contribution is 9.10. The Hall–Kier alpha value is -2.41. The zero-order valence-electron chi connectivity index (χ0n) is 11.3. The normalized spacial score (nSPS) is 10.6. The number of ether oxygens (including phenoxy) is 1. The molecule has 2 N–H and O–H groups in total. The molecule has 0 fully saturated rings. The fourth-order valence-electron chi connectivity index (χ4n) is 1.54. The van der Waals surface area contributed by atoms with Crippen LogP contribution in [0, 0.1) is 5.82 Å². The molecular weight excluding hydrogens is 355 g/mol. The van der Waals surface area contributed by atoms with E-state index in [1.165, 1.54) is 30.5 Å². The zero-order chi connectivity index (χ0) is 15.9. The topological polar surface area (TPSA) is 70.9 Å². The van der Waals surface area contributed by atoms with Gasteiger partial charge in [-0.3, -0.25) is 4.79 Å². The maximum atomic E-state index is 13.3. The van der Waals surface area contributed by atoms with E-state index >= 15 is 0 Å². The SMILES string of the molecule is O=C(COc1ccccc1F)N/N=C/c1cc(Br)ccc1O. The molecule has 0 aliphatic carbocycles. The number of hydrogen-bond donors (Lipinski definition) is 2. The number of carbonyl (C=O) groups excluding carboxylic acids is 1. The summed E-state index contributed by atoms with van der Waals surface area (Å²) in [7, 11) is 0. The lowest BCUT2D eigenvalue weighted by molar-refractivity contribution is -0.123. The Balaban J connectivity index is 1.86. The summed E-state index contributed by atoms with van der Waals surface area (Å²) >= 11 is 3.26. The number of para-hydroxylation sites is 1. The highest BCUT2D eigenvalue weighted by atomic mass is 79.9. The van der Waals surface area contributed by atoms with Gasteiger partial charge in [0.05, 0.1) is 6.21 Å². The molecule has 0 saturated carbocycles. The summed E-state index contributed by atoms with van der Waals surface area (Å²) in [5.41, 5.74) is 2.66. The largest absolute Gasteiger partial charge is 0.507 e. The van der Waals surface area contributed by atoms with Crippen LogP contribution < -0.4 is 10.2 Å². The summed E-state index contributed by atoms with van der Waals surface area (Å²) in [5, 5.41) is 13.3. The minimum atomic E-state index is -0.547. The van der Waals surface area contributed by atoms with E-state index in [-0.39, 0.29) is 18.1 Å². The van der Waals surface area contributed by atoms with Crippen molar-refractivity contribution in [2.24, 2.45) is 5.10 Å². The van der Waals surface area contributed by atoms with Gasteiger partial charge in [0.2, 0.25) is 0 Å². The van der Waals surface area contributed by atoms with Crippen LogP contribution in [-0.2, 0) is 4.79 Å². The molecule has 0 aromatic heterocycles. The lowest BCUT2D eigenvalue weighted by atomic mass is 10.2. The molecule has 0 atom stereocenters. The second-order valence-electron chi connectivity index (χ2n) is 4.22. The molecule has 0 aliphatic rings. The quantitative estimate of drug-likeness (QED) is 0.631. The average Bonchev–Trinajstić information content (AvgIpc) is 2.50. The molecule has 0 heterocycles. The van der Waals surface area contributed by atoms with E-state index in [1.54, 1.807) is 18.2 Å². The van der Waals surface area contributed by atoms with Crippen LogP contribution >= 0.6 is 15.9 Å². The number of amides is 1. The van der Waals surface area contributed by atoms with Crippen LogP contribution in [0.4, 0.5) is 4.39 Å². The summed E-state index contributed by atoms with van der Waals surface area (Å²) in [6, 6.07) is 10.6. The molecule has 0 unspecified atom stereocenters. The summed E-state index contributed by atoms with van der Waals surface area (Å²) in [5.74, 6) is -1.07. The fraction of sp³-hybridized carbons (Fsp3) is 0.0667. The number of carbonyl (C=O) groups is 1. The van der Waals surface area contributed by atoms with Gasteiger partial charge in [-0.05, 0) is 30.3 Å². The van der Waals surface area contributed by atoms with Crippen molar-refractivity contribution < 1.29 is 19.0 Å². The van der Waals surface area contributed by atoms with Crippen molar-refractivity contribution in [3.05, 3.63) is 58.3 Å². The predicted molar refractivity (Wildman–Crippen MR) is 83.4 cm³/mol. The molecule has 0 bridgehead atoms. The Labute approximate surface area is 134 Å². The number of halogens is 2. The van der Waals surface area contributed by atoms with Crippen molar-refractivity contribution in [1.29, 1.82) is 0 Å². The predicted octanol–water partition coefficient (Wildman–Crippen LogP) is 2.82. The Morgan fingerprint density at radius 3 is 2.91 bits per heavy atom. The molecule has 0 spiro atoms. The molecule has 114 valence electrons. The number of benzene rings is 2. The molecule has 0 aliphatic heterocycles. The number of nitrogens with zero attached hydrogens (tertiary/aromatic N) is 1. The fourth-order valence-corrected chi connectivity index (χ4v) is 1.92. The number of nitrogens with one attached hydrogen (secondary N) is 1. The summed E-state index contributed by atoms with van der Waals surface area (Å²) in [6.45, 7) is -0.372. The maximum Gasteiger partial charge on any atom is 0.277 e. The number of rotatable bonds is 5. The van der Waals surface area contributed by atoms with Gasteiger partial charge in [-0.2, -0.15) is 5.10 Å². The van der Waals surface area contributed by atoms with Crippen molar-refractivity contribution in [2.75, 3.05) is 6.61 Å². The summed E-state index contributed by atoms with van der Waals surface area (Å²) in [6.07, 6.45) is 1.29. The number of phenols is 1. The lowest BCUT2D eigenvalue weighted by Crippen LogP contribution is -2.24. The van der Waals surface area contributed by atoms with Gasteiger partial charge in [-0.15, -0.1) is 0 Å². The molecule has 2 aromatic rings. The molecule has 5 nitrogen and oxygen atoms in total. The van der Waals surface area contributed by atoms with Crippen LogP contribution in [0.3, 0.4) is 0 Å². The molecule has 22 heavy (non-hydrogen) atoms. The average molecular weight is 367 g/mol. The van der Waals surface area contributed by atoms with Gasteiger partial charge in [0.15, 0.2) is 18.2 Å². The number of phenolic OH excluding ortho intramolecular Hbond substituents is 1. The molecule has 7 heteroatoms. The van der Waals surface area contributed by atoms with E-state index in [0.717, 1.165) is 4.47 Å². The summed E-state index contributed by atoms with van der Waals surface area (Å²) < 4.78 is 19.1. The Morgan fingerprint density at radius 1 is 1.36 bits per heavy atom. The van der Waals surface area contributed by atoms with Crippen molar-refractivity contribution in [3.8, 4) is 11.5 Å². The molecule has 0 saturated heterocycles. The molecular formula is C15H12BrFN2O3. The van der Waals surface area contributed by atoms with Crippen LogP contribution in [0.1, 0.15) is 5.56 Å². The van der Waals surface area contributed by atoms with Crippen LogP contribution in [0.2, 0.25) is 0 Å². The smallest absolute Gasteiger partial charge is 0.277 e. The standard InChI is InChI=1S/C15H12BrFN2O3/c16-11-5-6-13(20)10(7-11)8-18-19-15(21)9-22-14-4-2-1-3-12(14)17/h1-8,20H,9H2,(H,19,21)/b18-8+. The van der Waals surface area contributed by atoms with Crippen molar-refractivity contribution in [1.82, 2.24) is 5.43 Å². The molecule has 2 aromatic carbocycles. The molecule has 2 rings (SSSR count). The number of hydrogen-bond acceptors (Lipinski definition) is 4. The van der Waals surface area contributed by atoms with E-state index < -0.39 is 11.7 Å². The third-order valence-electron chi connectivity index (χ3n) is 2.58. The van der Waals surface area contributed by atoms with E-state index in [0.29, 0.717) is 5.56 Å². The minimum absolute atomic E-state index is 0.00809. The third kappa shape index (κ3) is 4.56. The number of aromatic hydroxyl groups is 1. The first-order chi connectivity index (χ1) is 10.6. The number of hydrazone groups is 1. The van der Waals surface area contributed by atoms with Crippen molar-refractivity contribution >= 4 is 28.1 Å². The Morgan fingerprint density at radius 2 is 2.14 bits per heavy atom. The summed E-state index contributed by atoms with van der Waals surface area (Å²) in [4.78, 5) is 11.5. The lowest BCUT2D eigenvalue weighted by Gasteiger charge is -2.05. The van der Waals surface area contributed by atoms with Gasteiger partial charge in [0.1, 0.15) is 5.75 Å². The minimum Gasteiger partial charge on any atom is -0.507 e. The van der Waals surface area contributed by atoms with Gasteiger partial charge in [0.25, 0.3) is 5.91 Å². The third-order valence-corrected chi connectivity index (χ3v) is 3.07. The monoisotopic (exact) mass is 366 g/mol. The first-order valence-corrected chi connectivity index (χ1v) is 7.03. The first kappa shape index (κ1) is 16.0. The second-order valence-corrected chi connectivity index (χ2v) is 5.13. The van der Waals surface area contributed by atoms with Gasteiger partial charge in [-0.1, -0.05) is 28.1 Å². The van der Waals surface area contributed by atoms with E-state index in [2.05, 4.69) is 26.5 Å². The van der Waals surface area contributed by atoms with Gasteiger partial charge in [-0.25, -0.2) is 9.82 Å². The molecule has 1 amide bonds. The second kappa shape index (κ2) is 7.56. The van der Waals surface area contributed by atoms with Gasteiger partial charge < -0.3 is 9.84 Å². The van der Waals surface area contributed by atoms with Crippen LogP contribution in [0.25, 0.3) is 0 Å². The highest BCUT2D eigenvalue weighted by Crippen LogP contribution is 2.20. The maximum absolute atomic E-state index is 13.3. The van der Waals surface area contributed by atoms with Crippen LogP contribution in [-0.4, -0.2) is 23.8 Å². The van der Waals surface area contributed by atoms with Crippen molar-refractivity contribution in [3.63, 3.8) is 0 Å².